The van der Waals surface area contributed by atoms with E-state index in [0.717, 1.165) is 10.9 Å². The first-order chi connectivity index (χ1) is 13.3. The molecule has 0 fully saturated rings. The number of amides is 3. The Kier molecular flexibility index (Phi) is 6.96. The number of urea groups is 1. The molecule has 3 amide bonds. The van der Waals surface area contributed by atoms with E-state index in [2.05, 4.69) is 10.6 Å². The van der Waals surface area contributed by atoms with E-state index in [1.54, 1.807) is 19.1 Å². The molecule has 1 aromatic heterocycles. The Balaban J connectivity index is 1.91. The third kappa shape index (κ3) is 6.01. The van der Waals surface area contributed by atoms with Gasteiger partial charge in [0.1, 0.15) is 11.3 Å². The van der Waals surface area contributed by atoms with E-state index in [4.69, 9.17) is 14.9 Å². The molecule has 1 aromatic carbocycles. The van der Waals surface area contributed by atoms with E-state index in [-0.39, 0.29) is 25.1 Å². The minimum Gasteiger partial charge on any atom is -0.548 e. The molecule has 4 N–H and O–H groups in total. The SMILES string of the molecule is Cc1cc(=O)oc2cc(OCC(=O)N[C@H](CCCNC(N)=O)C(=O)[O-])ccc12. The van der Waals surface area contributed by atoms with Crippen LogP contribution < -0.4 is 31.8 Å². The molecule has 1 atom stereocenters. The highest BCUT2D eigenvalue weighted by molar-refractivity contribution is 5.84. The Bertz CT molecular complexity index is 938. The number of rotatable bonds is 9. The van der Waals surface area contributed by atoms with Gasteiger partial charge in [-0.25, -0.2) is 9.59 Å². The summed E-state index contributed by atoms with van der Waals surface area (Å²) in [5.74, 6) is -1.83. The van der Waals surface area contributed by atoms with Crippen molar-refractivity contribution in [2.75, 3.05) is 13.2 Å². The fourth-order valence-corrected chi connectivity index (χ4v) is 2.55. The molecule has 1 heterocycles. The number of benzene rings is 1. The zero-order chi connectivity index (χ0) is 20.7. The number of carbonyl (C=O) groups is 3. The van der Waals surface area contributed by atoms with E-state index < -0.39 is 36.2 Å². The van der Waals surface area contributed by atoms with Crippen LogP contribution in [0.1, 0.15) is 18.4 Å². The summed E-state index contributed by atoms with van der Waals surface area (Å²) in [6.07, 6.45) is 0.334. The second-order valence-electron chi connectivity index (χ2n) is 6.07. The van der Waals surface area contributed by atoms with Gasteiger partial charge in [0.05, 0.1) is 12.0 Å². The molecule has 2 rings (SSSR count). The predicted molar refractivity (Wildman–Crippen MR) is 96.5 cm³/mol. The first-order valence-electron chi connectivity index (χ1n) is 8.47. The van der Waals surface area contributed by atoms with Crippen LogP contribution in [0.3, 0.4) is 0 Å². The number of aryl methyl sites for hydroxylation is 1. The lowest BCUT2D eigenvalue weighted by molar-refractivity contribution is -0.308. The van der Waals surface area contributed by atoms with Gasteiger partial charge >= 0.3 is 11.7 Å². The normalized spacial score (nSPS) is 11.6. The molecule has 0 radical (unpaired) electrons. The van der Waals surface area contributed by atoms with Gasteiger partial charge in [0.2, 0.25) is 0 Å². The van der Waals surface area contributed by atoms with Crippen molar-refractivity contribution >= 4 is 28.9 Å². The molecule has 28 heavy (non-hydrogen) atoms. The number of nitrogens with two attached hydrogens (primary N) is 1. The first kappa shape index (κ1) is 20.7. The molecule has 2 aromatic rings. The first-order valence-corrected chi connectivity index (χ1v) is 8.47. The maximum absolute atomic E-state index is 12.0. The average Bonchev–Trinajstić information content (AvgIpc) is 2.61. The summed E-state index contributed by atoms with van der Waals surface area (Å²) < 4.78 is 10.4. The topological polar surface area (TPSA) is 164 Å². The van der Waals surface area contributed by atoms with Crippen LogP contribution in [0.2, 0.25) is 0 Å². The lowest BCUT2D eigenvalue weighted by Crippen LogP contribution is -2.49. The standard InChI is InChI=1S/C18H21N3O7/c1-10-7-16(23)28-14-8-11(4-5-12(10)14)27-9-15(22)21-13(17(24)25)3-2-6-20-18(19)26/h4-5,7-8,13H,2-3,6,9H2,1H3,(H,21,22)(H,24,25)(H3,19,20,26)/p-1/t13-/m1/s1. The van der Waals surface area contributed by atoms with Gasteiger partial charge in [-0.05, 0) is 37.5 Å². The summed E-state index contributed by atoms with van der Waals surface area (Å²) in [5, 5.41) is 16.5. The van der Waals surface area contributed by atoms with Gasteiger partial charge < -0.3 is 35.4 Å². The molecular weight excluding hydrogens is 370 g/mol. The zero-order valence-electron chi connectivity index (χ0n) is 15.2. The van der Waals surface area contributed by atoms with Crippen molar-refractivity contribution in [2.24, 2.45) is 5.73 Å². The Morgan fingerprint density at radius 2 is 2.04 bits per heavy atom. The molecule has 0 aliphatic rings. The molecule has 0 spiro atoms. The lowest BCUT2D eigenvalue weighted by atomic mass is 10.1. The van der Waals surface area contributed by atoms with Crippen LogP contribution in [0.25, 0.3) is 11.0 Å². The van der Waals surface area contributed by atoms with Gasteiger partial charge in [0.15, 0.2) is 6.61 Å². The monoisotopic (exact) mass is 390 g/mol. The highest BCUT2D eigenvalue weighted by Gasteiger charge is 2.14. The highest BCUT2D eigenvalue weighted by atomic mass is 16.5. The van der Waals surface area contributed by atoms with Crippen LogP contribution in [0.5, 0.6) is 5.75 Å². The number of nitrogens with one attached hydrogen (secondary N) is 2. The van der Waals surface area contributed by atoms with Crippen LogP contribution in [-0.4, -0.2) is 37.1 Å². The summed E-state index contributed by atoms with van der Waals surface area (Å²) in [4.78, 5) is 45.1. The molecule has 0 bridgehead atoms. The highest BCUT2D eigenvalue weighted by Crippen LogP contribution is 2.22. The van der Waals surface area contributed by atoms with Gasteiger partial charge in [-0.3, -0.25) is 4.79 Å². The molecule has 0 saturated carbocycles. The smallest absolute Gasteiger partial charge is 0.336 e. The van der Waals surface area contributed by atoms with Gasteiger partial charge in [-0.15, -0.1) is 0 Å². The second kappa shape index (κ2) is 9.40. The summed E-state index contributed by atoms with van der Waals surface area (Å²) in [5.41, 5.74) is 5.47. The number of carboxylic acid groups (broad SMARTS) is 1. The van der Waals surface area contributed by atoms with E-state index in [9.17, 15) is 24.3 Å². The van der Waals surface area contributed by atoms with Crippen molar-refractivity contribution in [3.05, 3.63) is 40.2 Å². The minimum atomic E-state index is -1.45. The number of hydrogen-bond acceptors (Lipinski definition) is 7. The largest absolute Gasteiger partial charge is 0.548 e. The summed E-state index contributed by atoms with van der Waals surface area (Å²) in [6.45, 7) is 1.50. The second-order valence-corrected chi connectivity index (χ2v) is 6.07. The van der Waals surface area contributed by atoms with Crippen molar-refractivity contribution in [3.8, 4) is 5.75 Å². The molecular formula is C18H20N3O7-. The number of carbonyl (C=O) groups excluding carboxylic acids is 3. The number of primary amides is 1. The summed E-state index contributed by atoms with van der Waals surface area (Å²) in [6, 6.07) is 4.19. The Hall–Kier alpha value is -3.56. The van der Waals surface area contributed by atoms with Crippen molar-refractivity contribution in [1.29, 1.82) is 0 Å². The van der Waals surface area contributed by atoms with Crippen LogP contribution in [0.15, 0.2) is 33.5 Å². The molecule has 10 nitrogen and oxygen atoms in total. The zero-order valence-corrected chi connectivity index (χ0v) is 15.2. The van der Waals surface area contributed by atoms with Crippen LogP contribution in [0.4, 0.5) is 4.79 Å². The Morgan fingerprint density at radius 3 is 2.71 bits per heavy atom. The fourth-order valence-electron chi connectivity index (χ4n) is 2.55. The maximum Gasteiger partial charge on any atom is 0.336 e. The van der Waals surface area contributed by atoms with Crippen LogP contribution >= 0.6 is 0 Å². The van der Waals surface area contributed by atoms with Crippen LogP contribution in [-0.2, 0) is 9.59 Å². The molecule has 0 aliphatic heterocycles. The van der Waals surface area contributed by atoms with E-state index in [1.807, 2.05) is 0 Å². The maximum atomic E-state index is 12.0. The Labute approximate surface area is 159 Å². The number of carboxylic acids is 1. The average molecular weight is 390 g/mol. The Morgan fingerprint density at radius 1 is 1.29 bits per heavy atom. The number of hydrogen-bond donors (Lipinski definition) is 3. The third-order valence-corrected chi connectivity index (χ3v) is 3.88. The van der Waals surface area contributed by atoms with Crippen molar-refractivity contribution in [3.63, 3.8) is 0 Å². The number of aliphatic carboxylic acids is 1. The van der Waals surface area contributed by atoms with Gasteiger partial charge in [-0.2, -0.15) is 0 Å². The van der Waals surface area contributed by atoms with Gasteiger partial charge in [-0.1, -0.05) is 0 Å². The molecule has 0 aliphatic carbocycles. The van der Waals surface area contributed by atoms with Crippen molar-refractivity contribution < 1.29 is 28.6 Å². The summed E-state index contributed by atoms with van der Waals surface area (Å²) in [7, 11) is 0. The van der Waals surface area contributed by atoms with Gasteiger partial charge in [0, 0.05) is 24.1 Å². The molecule has 150 valence electrons. The molecule has 10 heteroatoms. The number of fused-ring (bicyclic) bond motifs is 1. The van der Waals surface area contributed by atoms with Crippen molar-refractivity contribution in [1.82, 2.24) is 10.6 Å². The molecule has 0 saturated heterocycles. The third-order valence-electron chi connectivity index (χ3n) is 3.88. The van der Waals surface area contributed by atoms with Gasteiger partial charge in [0.25, 0.3) is 5.91 Å². The lowest BCUT2D eigenvalue weighted by Gasteiger charge is -2.19. The summed E-state index contributed by atoms with van der Waals surface area (Å²) >= 11 is 0. The minimum absolute atomic E-state index is 0.0504. The van der Waals surface area contributed by atoms with E-state index in [1.165, 1.54) is 12.1 Å². The predicted octanol–water partition coefficient (Wildman–Crippen LogP) is -0.837. The van der Waals surface area contributed by atoms with E-state index in [0.29, 0.717) is 5.58 Å². The van der Waals surface area contributed by atoms with Crippen LogP contribution in [0, 0.1) is 6.92 Å². The molecule has 0 unspecified atom stereocenters. The quantitative estimate of drug-likeness (QED) is 0.371. The number of ether oxygens (including phenoxy) is 1. The fraction of sp³-hybridized carbons (Fsp3) is 0.333. The van der Waals surface area contributed by atoms with Crippen molar-refractivity contribution in [2.45, 2.75) is 25.8 Å². The van der Waals surface area contributed by atoms with E-state index >= 15 is 0 Å².